The third-order valence-corrected chi connectivity index (χ3v) is 2.98. The van der Waals surface area contributed by atoms with Crippen LogP contribution in [0, 0.1) is 0 Å². The van der Waals surface area contributed by atoms with Crippen molar-refractivity contribution in [2.75, 3.05) is 45.7 Å². The van der Waals surface area contributed by atoms with Crippen LogP contribution < -0.4 is 10.6 Å². The number of aliphatic hydroxyl groups is 2. The molecule has 118 valence electrons. The van der Waals surface area contributed by atoms with Crippen molar-refractivity contribution in [1.82, 2.24) is 10.2 Å². The molecule has 6 nitrogen and oxygen atoms in total. The van der Waals surface area contributed by atoms with Gasteiger partial charge in [-0.1, -0.05) is 12.1 Å². The molecule has 6 heteroatoms. The topological polar surface area (TPSA) is 84.8 Å². The minimum atomic E-state index is -0.846. The van der Waals surface area contributed by atoms with E-state index in [-0.39, 0.29) is 19.1 Å². The highest BCUT2D eigenvalue weighted by molar-refractivity contribution is 5.99. The van der Waals surface area contributed by atoms with Gasteiger partial charge in [-0.05, 0) is 39.2 Å². The Hall–Kier alpha value is -1.63. The Bertz CT molecular complexity index is 438. The minimum Gasteiger partial charge on any atom is -0.394 e. The van der Waals surface area contributed by atoms with Gasteiger partial charge >= 0.3 is 0 Å². The minimum absolute atomic E-state index is 0.143. The molecule has 0 saturated carbocycles. The number of nitrogens with zero attached hydrogens (tertiary/aromatic N) is 1. The third-order valence-electron chi connectivity index (χ3n) is 2.98. The number of nitrogens with one attached hydrogen (secondary N) is 2. The predicted octanol–water partition coefficient (Wildman–Crippen LogP) is 0.133. The van der Waals surface area contributed by atoms with Gasteiger partial charge in [-0.3, -0.25) is 4.79 Å². The molecule has 1 atom stereocenters. The highest BCUT2D eigenvalue weighted by atomic mass is 16.3. The maximum absolute atomic E-state index is 12.1. The van der Waals surface area contributed by atoms with E-state index in [0.717, 1.165) is 13.0 Å². The van der Waals surface area contributed by atoms with Crippen molar-refractivity contribution in [2.24, 2.45) is 0 Å². The summed E-state index contributed by atoms with van der Waals surface area (Å²) in [5, 5.41) is 24.0. The Kier molecular flexibility index (Phi) is 7.74. The van der Waals surface area contributed by atoms with Crippen molar-refractivity contribution in [2.45, 2.75) is 12.5 Å². The number of hydrogen-bond donors (Lipinski definition) is 4. The van der Waals surface area contributed by atoms with E-state index in [9.17, 15) is 9.90 Å². The highest BCUT2D eigenvalue weighted by Gasteiger charge is 2.11. The van der Waals surface area contributed by atoms with Crippen LogP contribution in [0.5, 0.6) is 0 Å². The number of hydrogen-bond acceptors (Lipinski definition) is 5. The normalized spacial score (nSPS) is 12.2. The van der Waals surface area contributed by atoms with E-state index >= 15 is 0 Å². The summed E-state index contributed by atoms with van der Waals surface area (Å²) in [7, 11) is 3.99. The zero-order valence-corrected chi connectivity index (χ0v) is 12.7. The molecule has 0 bridgehead atoms. The van der Waals surface area contributed by atoms with Gasteiger partial charge in [0.05, 0.1) is 18.3 Å². The number of amides is 1. The summed E-state index contributed by atoms with van der Waals surface area (Å²) in [6.45, 7) is 1.42. The first-order valence-corrected chi connectivity index (χ1v) is 7.09. The summed E-state index contributed by atoms with van der Waals surface area (Å²) in [4.78, 5) is 14.2. The zero-order chi connectivity index (χ0) is 15.7. The molecule has 1 amide bonds. The molecule has 0 aromatic heterocycles. The second kappa shape index (κ2) is 9.33. The van der Waals surface area contributed by atoms with Crippen LogP contribution in [0.1, 0.15) is 16.8 Å². The summed E-state index contributed by atoms with van der Waals surface area (Å²) < 4.78 is 0. The molecule has 1 unspecified atom stereocenters. The van der Waals surface area contributed by atoms with E-state index in [1.807, 2.05) is 20.2 Å². The Morgan fingerprint density at radius 2 is 2.05 bits per heavy atom. The quantitative estimate of drug-likeness (QED) is 0.487. The fraction of sp³-hybridized carbons (Fsp3) is 0.533. The largest absolute Gasteiger partial charge is 0.394 e. The van der Waals surface area contributed by atoms with Gasteiger partial charge in [-0.25, -0.2) is 0 Å². The second-order valence-electron chi connectivity index (χ2n) is 5.18. The molecular formula is C15H25N3O3. The van der Waals surface area contributed by atoms with Crippen molar-refractivity contribution >= 4 is 11.6 Å². The maximum atomic E-state index is 12.1. The van der Waals surface area contributed by atoms with Crippen LogP contribution in [0.25, 0.3) is 0 Å². The lowest BCUT2D eigenvalue weighted by molar-refractivity contribution is 0.0952. The number of carbonyl (C=O) groups is 1. The Labute approximate surface area is 125 Å². The maximum Gasteiger partial charge on any atom is 0.253 e. The van der Waals surface area contributed by atoms with Crippen molar-refractivity contribution < 1.29 is 15.0 Å². The monoisotopic (exact) mass is 295 g/mol. The van der Waals surface area contributed by atoms with E-state index in [0.29, 0.717) is 17.8 Å². The van der Waals surface area contributed by atoms with Gasteiger partial charge in [-0.15, -0.1) is 0 Å². The Morgan fingerprint density at radius 3 is 2.71 bits per heavy atom. The van der Waals surface area contributed by atoms with E-state index < -0.39 is 6.10 Å². The molecule has 4 N–H and O–H groups in total. The Morgan fingerprint density at radius 1 is 1.33 bits per heavy atom. The van der Waals surface area contributed by atoms with Gasteiger partial charge in [0.25, 0.3) is 5.91 Å². The SMILES string of the molecule is CN(C)CCCNC(=O)c1ccccc1NCC(O)CO. The van der Waals surface area contributed by atoms with Crippen LogP contribution in [0.3, 0.4) is 0 Å². The lowest BCUT2D eigenvalue weighted by Gasteiger charge is -2.14. The number of para-hydroxylation sites is 1. The average molecular weight is 295 g/mol. The van der Waals surface area contributed by atoms with Crippen molar-refractivity contribution in [1.29, 1.82) is 0 Å². The van der Waals surface area contributed by atoms with Gasteiger partial charge in [0, 0.05) is 18.8 Å². The number of aliphatic hydroxyl groups excluding tert-OH is 2. The predicted molar refractivity (Wildman–Crippen MR) is 83.5 cm³/mol. The fourth-order valence-electron chi connectivity index (χ4n) is 1.82. The number of rotatable bonds is 9. The van der Waals surface area contributed by atoms with Crippen LogP contribution in [0.2, 0.25) is 0 Å². The summed E-state index contributed by atoms with van der Waals surface area (Å²) in [6, 6.07) is 7.12. The first kappa shape index (κ1) is 17.4. The van der Waals surface area contributed by atoms with Crippen LogP contribution in [0.4, 0.5) is 5.69 Å². The molecular weight excluding hydrogens is 270 g/mol. The summed E-state index contributed by atoms with van der Waals surface area (Å²) in [6.07, 6.45) is 0.0404. The summed E-state index contributed by atoms with van der Waals surface area (Å²) in [5.74, 6) is -0.143. The van der Waals surface area contributed by atoms with Crippen LogP contribution >= 0.6 is 0 Å². The zero-order valence-electron chi connectivity index (χ0n) is 12.7. The third kappa shape index (κ3) is 6.57. The molecule has 1 aromatic rings. The molecule has 0 aliphatic carbocycles. The van der Waals surface area contributed by atoms with Crippen LogP contribution in [-0.4, -0.2) is 67.5 Å². The molecule has 0 aliphatic rings. The standard InChI is InChI=1S/C15H25N3O3/c1-18(2)9-5-8-16-15(21)13-6-3-4-7-14(13)17-10-12(20)11-19/h3-4,6-7,12,17,19-20H,5,8-11H2,1-2H3,(H,16,21). The van der Waals surface area contributed by atoms with Crippen molar-refractivity contribution in [3.05, 3.63) is 29.8 Å². The number of benzene rings is 1. The van der Waals surface area contributed by atoms with E-state index in [1.54, 1.807) is 18.2 Å². The van der Waals surface area contributed by atoms with Crippen molar-refractivity contribution in [3.8, 4) is 0 Å². The number of anilines is 1. The van der Waals surface area contributed by atoms with Gasteiger partial charge in [0.1, 0.15) is 0 Å². The van der Waals surface area contributed by atoms with Crippen LogP contribution in [-0.2, 0) is 0 Å². The molecule has 0 saturated heterocycles. The van der Waals surface area contributed by atoms with Crippen LogP contribution in [0.15, 0.2) is 24.3 Å². The average Bonchev–Trinajstić information content (AvgIpc) is 2.49. The lowest BCUT2D eigenvalue weighted by Crippen LogP contribution is -2.29. The summed E-state index contributed by atoms with van der Waals surface area (Å²) >= 11 is 0. The second-order valence-corrected chi connectivity index (χ2v) is 5.18. The van der Waals surface area contributed by atoms with Gasteiger partial charge < -0.3 is 25.7 Å². The first-order chi connectivity index (χ1) is 10.0. The molecule has 21 heavy (non-hydrogen) atoms. The van der Waals surface area contributed by atoms with E-state index in [1.165, 1.54) is 0 Å². The fourth-order valence-corrected chi connectivity index (χ4v) is 1.82. The molecule has 1 rings (SSSR count). The first-order valence-electron chi connectivity index (χ1n) is 7.09. The molecule has 0 heterocycles. The van der Waals surface area contributed by atoms with Gasteiger partial charge in [-0.2, -0.15) is 0 Å². The van der Waals surface area contributed by atoms with Gasteiger partial charge in [0.2, 0.25) is 0 Å². The smallest absolute Gasteiger partial charge is 0.253 e. The summed E-state index contributed by atoms with van der Waals surface area (Å²) in [5.41, 5.74) is 1.18. The van der Waals surface area contributed by atoms with E-state index in [4.69, 9.17) is 5.11 Å². The van der Waals surface area contributed by atoms with Crippen molar-refractivity contribution in [3.63, 3.8) is 0 Å². The van der Waals surface area contributed by atoms with Gasteiger partial charge in [0.15, 0.2) is 0 Å². The molecule has 0 fully saturated rings. The van der Waals surface area contributed by atoms with E-state index in [2.05, 4.69) is 15.5 Å². The molecule has 0 aliphatic heterocycles. The lowest BCUT2D eigenvalue weighted by atomic mass is 10.1. The molecule has 1 aromatic carbocycles. The molecule has 0 radical (unpaired) electrons. The Balaban J connectivity index is 2.54. The highest BCUT2D eigenvalue weighted by Crippen LogP contribution is 2.14. The molecule has 0 spiro atoms. The number of carbonyl (C=O) groups excluding carboxylic acids is 1.